The van der Waals surface area contributed by atoms with E-state index >= 15 is 0 Å². The minimum atomic E-state index is 0.134. The standard InChI is InChI=1S/C16H19NO/c1-4-17(5-2)16(18)15-12(3)10-11-13-8-6-7-9-14(13)15/h6-11H,4-5H2,1-3H3. The Labute approximate surface area is 108 Å². The highest BCUT2D eigenvalue weighted by atomic mass is 16.2. The first kappa shape index (κ1) is 12.6. The van der Waals surface area contributed by atoms with E-state index in [9.17, 15) is 4.79 Å². The van der Waals surface area contributed by atoms with Crippen LogP contribution in [0.4, 0.5) is 0 Å². The highest BCUT2D eigenvalue weighted by Gasteiger charge is 2.17. The SMILES string of the molecule is CCN(CC)C(=O)c1c(C)ccc2ccccc12. The van der Waals surface area contributed by atoms with Crippen molar-refractivity contribution < 1.29 is 4.79 Å². The molecule has 0 heterocycles. The minimum Gasteiger partial charge on any atom is -0.339 e. The topological polar surface area (TPSA) is 20.3 Å². The first-order valence-electron chi connectivity index (χ1n) is 6.46. The summed E-state index contributed by atoms with van der Waals surface area (Å²) < 4.78 is 0. The van der Waals surface area contributed by atoms with Crippen LogP contribution in [-0.2, 0) is 0 Å². The molecule has 2 heteroatoms. The molecule has 0 unspecified atom stereocenters. The molecule has 18 heavy (non-hydrogen) atoms. The first-order chi connectivity index (χ1) is 8.69. The lowest BCUT2D eigenvalue weighted by Gasteiger charge is -2.21. The molecular weight excluding hydrogens is 222 g/mol. The van der Waals surface area contributed by atoms with Gasteiger partial charge in [0.1, 0.15) is 0 Å². The van der Waals surface area contributed by atoms with Gasteiger partial charge in [-0.15, -0.1) is 0 Å². The molecule has 0 saturated heterocycles. The van der Waals surface area contributed by atoms with Crippen molar-refractivity contribution in [2.24, 2.45) is 0 Å². The van der Waals surface area contributed by atoms with Gasteiger partial charge in [0, 0.05) is 13.1 Å². The summed E-state index contributed by atoms with van der Waals surface area (Å²) in [6, 6.07) is 12.2. The van der Waals surface area contributed by atoms with Gasteiger partial charge in [0.2, 0.25) is 0 Å². The molecule has 0 spiro atoms. The second-order valence-corrected chi connectivity index (χ2v) is 4.46. The van der Waals surface area contributed by atoms with Crippen LogP contribution in [0.15, 0.2) is 36.4 Å². The van der Waals surface area contributed by atoms with Crippen LogP contribution in [0, 0.1) is 6.92 Å². The van der Waals surface area contributed by atoms with Crippen molar-refractivity contribution in [1.82, 2.24) is 4.90 Å². The summed E-state index contributed by atoms with van der Waals surface area (Å²) in [5.74, 6) is 0.134. The minimum absolute atomic E-state index is 0.134. The van der Waals surface area contributed by atoms with Crippen molar-refractivity contribution in [3.05, 3.63) is 47.5 Å². The van der Waals surface area contributed by atoms with Gasteiger partial charge in [-0.25, -0.2) is 0 Å². The third-order valence-corrected chi connectivity index (χ3v) is 3.40. The largest absolute Gasteiger partial charge is 0.339 e. The number of hydrogen-bond acceptors (Lipinski definition) is 1. The van der Waals surface area contributed by atoms with E-state index < -0.39 is 0 Å². The van der Waals surface area contributed by atoms with Crippen molar-refractivity contribution >= 4 is 16.7 Å². The molecule has 94 valence electrons. The predicted molar refractivity (Wildman–Crippen MR) is 75.9 cm³/mol. The Kier molecular flexibility index (Phi) is 3.66. The Bertz CT molecular complexity index is 570. The summed E-state index contributed by atoms with van der Waals surface area (Å²) in [7, 11) is 0. The molecule has 0 fully saturated rings. The van der Waals surface area contributed by atoms with Crippen LogP contribution < -0.4 is 0 Å². The van der Waals surface area contributed by atoms with Gasteiger partial charge in [0.15, 0.2) is 0 Å². The molecule has 0 bridgehead atoms. The lowest BCUT2D eigenvalue weighted by molar-refractivity contribution is 0.0774. The van der Waals surface area contributed by atoms with Crippen molar-refractivity contribution in [1.29, 1.82) is 0 Å². The Balaban J connectivity index is 2.62. The zero-order valence-corrected chi connectivity index (χ0v) is 11.2. The van der Waals surface area contributed by atoms with E-state index in [2.05, 4.69) is 6.07 Å². The molecule has 0 aromatic heterocycles. The average molecular weight is 241 g/mol. The normalized spacial score (nSPS) is 10.6. The van der Waals surface area contributed by atoms with Gasteiger partial charge in [-0.1, -0.05) is 36.4 Å². The van der Waals surface area contributed by atoms with Gasteiger partial charge in [-0.2, -0.15) is 0 Å². The summed E-state index contributed by atoms with van der Waals surface area (Å²) in [6.45, 7) is 7.53. The third-order valence-electron chi connectivity index (χ3n) is 3.40. The van der Waals surface area contributed by atoms with Gasteiger partial charge in [-0.05, 0) is 37.1 Å². The fourth-order valence-corrected chi connectivity index (χ4v) is 2.33. The molecule has 0 aliphatic heterocycles. The number of benzene rings is 2. The number of rotatable bonds is 3. The molecule has 1 amide bonds. The molecule has 2 rings (SSSR count). The second-order valence-electron chi connectivity index (χ2n) is 4.46. The van der Waals surface area contributed by atoms with E-state index in [1.54, 1.807) is 0 Å². The lowest BCUT2D eigenvalue weighted by Crippen LogP contribution is -2.31. The molecule has 2 aromatic carbocycles. The summed E-state index contributed by atoms with van der Waals surface area (Å²) in [5, 5.41) is 2.17. The van der Waals surface area contributed by atoms with Crippen LogP contribution >= 0.6 is 0 Å². The van der Waals surface area contributed by atoms with Crippen molar-refractivity contribution in [3.63, 3.8) is 0 Å². The summed E-state index contributed by atoms with van der Waals surface area (Å²) in [4.78, 5) is 14.4. The second kappa shape index (κ2) is 5.21. The van der Waals surface area contributed by atoms with Crippen molar-refractivity contribution in [2.75, 3.05) is 13.1 Å². The maximum atomic E-state index is 12.6. The van der Waals surface area contributed by atoms with Gasteiger partial charge in [-0.3, -0.25) is 4.79 Å². The molecule has 0 atom stereocenters. The Morgan fingerprint density at radius 2 is 1.72 bits per heavy atom. The molecular formula is C16H19NO. The Morgan fingerprint density at radius 3 is 2.39 bits per heavy atom. The number of fused-ring (bicyclic) bond motifs is 1. The van der Waals surface area contributed by atoms with Gasteiger partial charge in [0.05, 0.1) is 5.56 Å². The van der Waals surface area contributed by atoms with Crippen LogP contribution in [0.3, 0.4) is 0 Å². The highest BCUT2D eigenvalue weighted by molar-refractivity contribution is 6.08. The third kappa shape index (κ3) is 2.10. The van der Waals surface area contributed by atoms with Crippen molar-refractivity contribution in [3.8, 4) is 0 Å². The van der Waals surface area contributed by atoms with E-state index in [0.717, 1.165) is 35.0 Å². The van der Waals surface area contributed by atoms with E-state index in [0.29, 0.717) is 0 Å². The fourth-order valence-electron chi connectivity index (χ4n) is 2.33. The lowest BCUT2D eigenvalue weighted by atomic mass is 9.98. The number of amides is 1. The quantitative estimate of drug-likeness (QED) is 0.803. The molecule has 0 aliphatic carbocycles. The first-order valence-corrected chi connectivity index (χ1v) is 6.46. The van der Waals surface area contributed by atoms with E-state index in [-0.39, 0.29) is 5.91 Å². The molecule has 2 aromatic rings. The molecule has 0 radical (unpaired) electrons. The van der Waals surface area contributed by atoms with Crippen LogP contribution in [0.25, 0.3) is 10.8 Å². The van der Waals surface area contributed by atoms with Crippen LogP contribution in [0.1, 0.15) is 29.8 Å². The molecule has 0 N–H and O–H groups in total. The van der Waals surface area contributed by atoms with E-state index in [1.807, 2.05) is 56.0 Å². The zero-order chi connectivity index (χ0) is 13.1. The molecule has 2 nitrogen and oxygen atoms in total. The van der Waals surface area contributed by atoms with Gasteiger partial charge < -0.3 is 4.90 Å². The maximum absolute atomic E-state index is 12.6. The average Bonchev–Trinajstić information content (AvgIpc) is 2.39. The van der Waals surface area contributed by atoms with Crippen LogP contribution in [-0.4, -0.2) is 23.9 Å². The van der Waals surface area contributed by atoms with E-state index in [4.69, 9.17) is 0 Å². The van der Waals surface area contributed by atoms with Gasteiger partial charge in [0.25, 0.3) is 5.91 Å². The zero-order valence-electron chi connectivity index (χ0n) is 11.2. The Morgan fingerprint density at radius 1 is 1.06 bits per heavy atom. The summed E-state index contributed by atoms with van der Waals surface area (Å²) in [6.07, 6.45) is 0. The number of carbonyl (C=O) groups excluding carboxylic acids is 1. The monoisotopic (exact) mass is 241 g/mol. The summed E-state index contributed by atoms with van der Waals surface area (Å²) >= 11 is 0. The molecule has 0 aliphatic rings. The number of aryl methyl sites for hydroxylation is 1. The summed E-state index contributed by atoms with van der Waals surface area (Å²) in [5.41, 5.74) is 1.89. The van der Waals surface area contributed by atoms with Gasteiger partial charge >= 0.3 is 0 Å². The number of hydrogen-bond donors (Lipinski definition) is 0. The van der Waals surface area contributed by atoms with Crippen LogP contribution in [0.5, 0.6) is 0 Å². The van der Waals surface area contributed by atoms with Crippen LogP contribution in [0.2, 0.25) is 0 Å². The Hall–Kier alpha value is -1.83. The maximum Gasteiger partial charge on any atom is 0.254 e. The highest BCUT2D eigenvalue weighted by Crippen LogP contribution is 2.23. The van der Waals surface area contributed by atoms with Crippen molar-refractivity contribution in [2.45, 2.75) is 20.8 Å². The molecule has 0 saturated carbocycles. The smallest absolute Gasteiger partial charge is 0.254 e. The predicted octanol–water partition coefficient (Wildman–Crippen LogP) is 3.63. The fraction of sp³-hybridized carbons (Fsp3) is 0.312. The number of carbonyl (C=O) groups is 1. The number of nitrogens with zero attached hydrogens (tertiary/aromatic N) is 1. The van der Waals surface area contributed by atoms with E-state index in [1.165, 1.54) is 0 Å².